The Morgan fingerprint density at radius 2 is 1.56 bits per heavy atom. The van der Waals surface area contributed by atoms with E-state index >= 15 is 0 Å². The molecule has 1 heterocycles. The zero-order valence-corrected chi connectivity index (χ0v) is 26.6. The molecule has 2 atom stereocenters. The largest absolute Gasteiger partial charge is 0.378 e. The molecule has 0 aromatic carbocycles. The molecule has 5 amide bonds. The van der Waals surface area contributed by atoms with Crippen molar-refractivity contribution >= 4 is 52.7 Å². The van der Waals surface area contributed by atoms with Crippen LogP contribution in [0.2, 0.25) is 0 Å². The lowest BCUT2D eigenvalue weighted by molar-refractivity contribution is -0.198. The molecule has 1 aliphatic heterocycles. The molecule has 0 aromatic rings. The van der Waals surface area contributed by atoms with Gasteiger partial charge in [0, 0.05) is 43.7 Å². The first-order valence-electron chi connectivity index (χ1n) is 14.5. The van der Waals surface area contributed by atoms with Gasteiger partial charge in [-0.25, -0.2) is 9.59 Å². The van der Waals surface area contributed by atoms with Crippen molar-refractivity contribution in [2.24, 2.45) is 23.0 Å². The van der Waals surface area contributed by atoms with E-state index < -0.39 is 41.2 Å². The fourth-order valence-electron chi connectivity index (χ4n) is 4.04. The van der Waals surface area contributed by atoms with Crippen molar-refractivity contribution in [3.05, 3.63) is 0 Å². The molecule has 244 valence electrons. The van der Waals surface area contributed by atoms with Crippen LogP contribution < -0.4 is 21.7 Å². The molecule has 0 unspecified atom stereocenters. The number of nitrogens with one attached hydrogen (secondary N) is 3. The second-order valence-electron chi connectivity index (χ2n) is 11.5. The van der Waals surface area contributed by atoms with Crippen LogP contribution in [0.5, 0.6) is 0 Å². The van der Waals surface area contributed by atoms with Crippen molar-refractivity contribution < 1.29 is 43.1 Å². The average Bonchev–Trinajstić information content (AvgIpc) is 3.23. The topological polar surface area (TPSA) is 195 Å². The first-order chi connectivity index (χ1) is 20.1. The molecule has 14 nitrogen and oxygen atoms in total. The van der Waals surface area contributed by atoms with Gasteiger partial charge in [0.1, 0.15) is 0 Å². The van der Waals surface area contributed by atoms with Gasteiger partial charge in [0.05, 0.1) is 43.9 Å². The third kappa shape index (κ3) is 15.2. The van der Waals surface area contributed by atoms with Crippen molar-refractivity contribution in [1.29, 1.82) is 0 Å². The number of amides is 5. The number of primary amides is 1. The molecule has 0 radical (unpaired) electrons. The van der Waals surface area contributed by atoms with Gasteiger partial charge in [-0.05, 0) is 18.8 Å². The number of carbonyl (C=O) groups excluding carboxylic acids is 6. The number of nitrogens with zero attached hydrogens (tertiary/aromatic N) is 1. The van der Waals surface area contributed by atoms with Crippen molar-refractivity contribution in [1.82, 2.24) is 21.0 Å². The Morgan fingerprint density at radius 3 is 2.12 bits per heavy atom. The summed E-state index contributed by atoms with van der Waals surface area (Å²) in [5, 5.41) is 8.98. The smallest absolute Gasteiger partial charge is 0.335 e. The Balaban J connectivity index is 2.35. The second kappa shape index (κ2) is 19.2. The molecule has 0 saturated carbocycles. The minimum atomic E-state index is -0.732. The SMILES string of the molecule is CC(C)[C@H](CC(=S)NCCOCCOCCC(=O)ON1C(=O)CCC1=O)C(=O)N[C@@H](CCCNC(N)=O)C(=O)C(C)(C)C. The van der Waals surface area contributed by atoms with E-state index in [9.17, 15) is 28.8 Å². The minimum absolute atomic E-state index is 0.0352. The lowest BCUT2D eigenvalue weighted by Crippen LogP contribution is -2.49. The highest BCUT2D eigenvalue weighted by atomic mass is 32.1. The summed E-state index contributed by atoms with van der Waals surface area (Å²) in [6.07, 6.45) is 1.09. The molecule has 1 aliphatic rings. The summed E-state index contributed by atoms with van der Waals surface area (Å²) in [6.45, 7) is 10.8. The summed E-state index contributed by atoms with van der Waals surface area (Å²) in [7, 11) is 0. The van der Waals surface area contributed by atoms with E-state index in [2.05, 4.69) is 16.0 Å². The Bertz CT molecular complexity index is 984. The molecule has 1 saturated heterocycles. The number of hydrogen-bond donors (Lipinski definition) is 4. The number of rotatable bonds is 20. The van der Waals surface area contributed by atoms with E-state index in [4.69, 9.17) is 32.3 Å². The van der Waals surface area contributed by atoms with Gasteiger partial charge in [-0.1, -0.05) is 46.8 Å². The van der Waals surface area contributed by atoms with Crippen molar-refractivity contribution in [3.63, 3.8) is 0 Å². The van der Waals surface area contributed by atoms with Crippen LogP contribution in [-0.4, -0.2) is 91.1 Å². The highest BCUT2D eigenvalue weighted by Gasteiger charge is 2.34. The zero-order valence-electron chi connectivity index (χ0n) is 25.8. The molecule has 1 fully saturated rings. The van der Waals surface area contributed by atoms with Crippen LogP contribution >= 0.6 is 12.2 Å². The average molecular weight is 630 g/mol. The Kier molecular flexibility index (Phi) is 16.9. The molecule has 0 spiro atoms. The number of hydrogen-bond acceptors (Lipinski definition) is 10. The lowest BCUT2D eigenvalue weighted by Gasteiger charge is -2.28. The first-order valence-corrected chi connectivity index (χ1v) is 14.9. The number of nitrogens with two attached hydrogens (primary N) is 1. The number of ketones is 1. The van der Waals surface area contributed by atoms with E-state index in [0.717, 1.165) is 0 Å². The van der Waals surface area contributed by atoms with Crippen molar-refractivity contribution in [2.75, 3.05) is 39.5 Å². The maximum Gasteiger partial charge on any atom is 0.335 e. The molecular weight excluding hydrogens is 582 g/mol. The van der Waals surface area contributed by atoms with E-state index in [1.807, 2.05) is 13.8 Å². The predicted octanol–water partition coefficient (Wildman–Crippen LogP) is 1.14. The van der Waals surface area contributed by atoms with Gasteiger partial charge in [-0.2, -0.15) is 0 Å². The number of carbonyl (C=O) groups is 6. The summed E-state index contributed by atoms with van der Waals surface area (Å²) >= 11 is 5.45. The highest BCUT2D eigenvalue weighted by molar-refractivity contribution is 7.80. The molecule has 0 aliphatic carbocycles. The summed E-state index contributed by atoms with van der Waals surface area (Å²) < 4.78 is 10.8. The quantitative estimate of drug-likeness (QED) is 0.0857. The molecule has 15 heteroatoms. The maximum absolute atomic E-state index is 13.2. The highest BCUT2D eigenvalue weighted by Crippen LogP contribution is 2.21. The number of urea groups is 1. The van der Waals surface area contributed by atoms with Crippen LogP contribution in [-0.2, 0) is 38.3 Å². The van der Waals surface area contributed by atoms with Crippen LogP contribution in [0.1, 0.15) is 73.1 Å². The van der Waals surface area contributed by atoms with Gasteiger partial charge in [0.15, 0.2) is 5.78 Å². The van der Waals surface area contributed by atoms with Crippen LogP contribution in [0, 0.1) is 17.3 Å². The van der Waals surface area contributed by atoms with E-state index in [-0.39, 0.29) is 56.7 Å². The molecule has 0 aromatic heterocycles. The molecular formula is C28H47N5O9S. The zero-order chi connectivity index (χ0) is 32.6. The monoisotopic (exact) mass is 629 g/mol. The third-order valence-electron chi connectivity index (χ3n) is 6.48. The number of thiocarbonyl (C=S) groups is 1. The van der Waals surface area contributed by atoms with Crippen LogP contribution in [0.15, 0.2) is 0 Å². The summed E-state index contributed by atoms with van der Waals surface area (Å²) in [5.41, 5.74) is 4.44. The van der Waals surface area contributed by atoms with E-state index in [0.29, 0.717) is 49.0 Å². The normalized spacial score (nSPS) is 14.8. The second-order valence-corrected chi connectivity index (χ2v) is 12.0. The fraction of sp³-hybridized carbons (Fsp3) is 0.750. The fourth-order valence-corrected chi connectivity index (χ4v) is 4.32. The molecule has 43 heavy (non-hydrogen) atoms. The summed E-state index contributed by atoms with van der Waals surface area (Å²) in [5.74, 6) is -2.66. The van der Waals surface area contributed by atoms with Gasteiger partial charge in [0.25, 0.3) is 11.8 Å². The van der Waals surface area contributed by atoms with Crippen LogP contribution in [0.25, 0.3) is 0 Å². The van der Waals surface area contributed by atoms with E-state index in [1.54, 1.807) is 20.8 Å². The number of hydroxylamine groups is 2. The number of imide groups is 1. The molecule has 5 N–H and O–H groups in total. The Hall–Kier alpha value is -3.17. The third-order valence-corrected chi connectivity index (χ3v) is 6.79. The lowest BCUT2D eigenvalue weighted by atomic mass is 9.84. The summed E-state index contributed by atoms with van der Waals surface area (Å²) in [6, 6.07) is -1.35. The van der Waals surface area contributed by atoms with Gasteiger partial charge >= 0.3 is 12.0 Å². The van der Waals surface area contributed by atoms with Crippen molar-refractivity contribution in [2.45, 2.75) is 79.2 Å². The standard InChI is InChI=1S/C28H47N5O9S/c1-18(2)19(26(38)32-20(25(37)28(3,4)5)7-6-11-31-27(29)39)17-21(43)30-12-14-41-16-15-40-13-10-24(36)42-33-22(34)8-9-23(33)35/h18-20H,6-17H2,1-5H3,(H,30,43)(H,32,38)(H3,29,31,39)/t19-,20-/m0/s1. The molecule has 0 bridgehead atoms. The Labute approximate surface area is 258 Å². The van der Waals surface area contributed by atoms with Crippen molar-refractivity contribution in [3.8, 4) is 0 Å². The number of Topliss-reactive ketones (excluding diaryl/α,β-unsaturated/α-hetero) is 1. The van der Waals surface area contributed by atoms with Gasteiger partial charge < -0.3 is 36.0 Å². The maximum atomic E-state index is 13.2. The predicted molar refractivity (Wildman–Crippen MR) is 160 cm³/mol. The summed E-state index contributed by atoms with van der Waals surface area (Å²) in [4.78, 5) is 77.0. The number of ether oxygens (including phenoxy) is 2. The van der Waals surface area contributed by atoms with Gasteiger partial charge in [-0.3, -0.25) is 19.2 Å². The van der Waals surface area contributed by atoms with Gasteiger partial charge in [0.2, 0.25) is 5.91 Å². The molecule has 1 rings (SSSR count). The first kappa shape index (κ1) is 37.9. The minimum Gasteiger partial charge on any atom is -0.378 e. The van der Waals surface area contributed by atoms with Crippen LogP contribution in [0.4, 0.5) is 4.79 Å². The Morgan fingerprint density at radius 1 is 0.953 bits per heavy atom. The van der Waals surface area contributed by atoms with E-state index in [1.165, 1.54) is 0 Å². The van der Waals surface area contributed by atoms with Crippen LogP contribution in [0.3, 0.4) is 0 Å². The van der Waals surface area contributed by atoms with Gasteiger partial charge in [-0.15, -0.1) is 5.06 Å².